The van der Waals surface area contributed by atoms with E-state index in [9.17, 15) is 9.59 Å². The number of fused-ring (bicyclic) bond motifs is 4. The van der Waals surface area contributed by atoms with Crippen molar-refractivity contribution in [3.8, 4) is 5.69 Å². The van der Waals surface area contributed by atoms with Crippen LogP contribution in [0, 0.1) is 0 Å². The highest BCUT2D eigenvalue weighted by Crippen LogP contribution is 2.42. The quantitative estimate of drug-likeness (QED) is 0.293. The summed E-state index contributed by atoms with van der Waals surface area (Å²) in [7, 11) is 0. The third kappa shape index (κ3) is 4.02. The Morgan fingerprint density at radius 3 is 2.45 bits per heavy atom. The van der Waals surface area contributed by atoms with E-state index in [0.29, 0.717) is 11.4 Å². The maximum absolute atomic E-state index is 14.1. The number of aromatic nitrogens is 1. The fourth-order valence-corrected chi connectivity index (χ4v) is 5.21. The molecule has 3 heterocycles. The molecule has 190 valence electrons. The second-order valence-electron chi connectivity index (χ2n) is 9.65. The first-order chi connectivity index (χ1) is 18.5. The van der Waals surface area contributed by atoms with Gasteiger partial charge >= 0.3 is 6.03 Å². The maximum atomic E-state index is 14.1. The molecule has 5 aromatic rings. The van der Waals surface area contributed by atoms with Crippen LogP contribution in [-0.2, 0) is 4.79 Å². The fourth-order valence-electron chi connectivity index (χ4n) is 5.21. The number of para-hydroxylation sites is 2. The number of carbonyl (C=O) groups is 2. The van der Waals surface area contributed by atoms with Gasteiger partial charge in [0.15, 0.2) is 0 Å². The standard InChI is InChI=1S/C31H28N4O3/c1-21(2)34(31(37)32-24-13-7-11-22-10-3-4-12-23(22)24)20-29(36)35-26-15-6-5-14-25(26)33-18-8-16-27(33)30(35)28-17-9-19-38-28/h3-19,21,30H,20H2,1-2H3,(H,32,37). The van der Waals surface area contributed by atoms with E-state index in [1.165, 1.54) is 0 Å². The van der Waals surface area contributed by atoms with Gasteiger partial charge in [-0.2, -0.15) is 0 Å². The van der Waals surface area contributed by atoms with Crippen LogP contribution in [-0.4, -0.2) is 34.0 Å². The minimum absolute atomic E-state index is 0.0967. The summed E-state index contributed by atoms with van der Waals surface area (Å²) >= 11 is 0. The Balaban J connectivity index is 1.34. The molecule has 1 atom stereocenters. The number of furan rings is 1. The van der Waals surface area contributed by atoms with Crippen LogP contribution in [0.1, 0.15) is 31.3 Å². The van der Waals surface area contributed by atoms with Crippen LogP contribution in [0.3, 0.4) is 0 Å². The van der Waals surface area contributed by atoms with E-state index < -0.39 is 6.04 Å². The topological polar surface area (TPSA) is 70.7 Å². The molecular formula is C31H28N4O3. The molecule has 0 radical (unpaired) electrons. The van der Waals surface area contributed by atoms with Gasteiger partial charge in [0.05, 0.1) is 29.0 Å². The number of amides is 3. The highest BCUT2D eigenvalue weighted by atomic mass is 16.3. The van der Waals surface area contributed by atoms with Gasteiger partial charge in [-0.25, -0.2) is 4.79 Å². The van der Waals surface area contributed by atoms with E-state index in [1.807, 2.05) is 111 Å². The number of anilines is 2. The lowest BCUT2D eigenvalue weighted by Gasteiger charge is -2.38. The van der Waals surface area contributed by atoms with Crippen molar-refractivity contribution in [2.75, 3.05) is 16.8 Å². The number of nitrogens with zero attached hydrogens (tertiary/aromatic N) is 3. The summed E-state index contributed by atoms with van der Waals surface area (Å²) in [5.41, 5.74) is 3.30. The molecule has 6 rings (SSSR count). The van der Waals surface area contributed by atoms with E-state index in [4.69, 9.17) is 4.42 Å². The number of hydrogen-bond donors (Lipinski definition) is 1. The first-order valence-electron chi connectivity index (χ1n) is 12.7. The predicted molar refractivity (Wildman–Crippen MR) is 149 cm³/mol. The third-order valence-electron chi connectivity index (χ3n) is 7.02. The molecule has 7 heteroatoms. The molecule has 0 spiro atoms. The van der Waals surface area contributed by atoms with Crippen molar-refractivity contribution in [1.29, 1.82) is 0 Å². The van der Waals surface area contributed by atoms with Crippen molar-refractivity contribution in [1.82, 2.24) is 9.47 Å². The number of urea groups is 1. The van der Waals surface area contributed by atoms with E-state index >= 15 is 0 Å². The lowest BCUT2D eigenvalue weighted by atomic mass is 10.0. The highest BCUT2D eigenvalue weighted by molar-refractivity contribution is 6.04. The average Bonchev–Trinajstić information content (AvgIpc) is 3.64. The first-order valence-corrected chi connectivity index (χ1v) is 12.7. The van der Waals surface area contributed by atoms with Gasteiger partial charge in [-0.1, -0.05) is 48.5 Å². The van der Waals surface area contributed by atoms with E-state index in [0.717, 1.165) is 27.8 Å². The van der Waals surface area contributed by atoms with Crippen molar-refractivity contribution >= 4 is 34.1 Å². The minimum atomic E-state index is -0.461. The molecule has 3 amide bonds. The summed E-state index contributed by atoms with van der Waals surface area (Å²) in [6, 6.07) is 28.2. The van der Waals surface area contributed by atoms with Crippen LogP contribution >= 0.6 is 0 Å². The van der Waals surface area contributed by atoms with Crippen molar-refractivity contribution in [2.45, 2.75) is 25.9 Å². The summed E-state index contributed by atoms with van der Waals surface area (Å²) < 4.78 is 7.90. The Kier molecular flexibility index (Phi) is 5.96. The van der Waals surface area contributed by atoms with Gasteiger partial charge in [-0.15, -0.1) is 0 Å². The molecule has 0 saturated heterocycles. The fraction of sp³-hybridized carbons (Fsp3) is 0.161. The number of nitrogens with one attached hydrogen (secondary N) is 1. The Labute approximate surface area is 220 Å². The normalized spacial score (nSPS) is 14.3. The lowest BCUT2D eigenvalue weighted by molar-refractivity contribution is -0.120. The van der Waals surface area contributed by atoms with Crippen LogP contribution in [0.5, 0.6) is 0 Å². The third-order valence-corrected chi connectivity index (χ3v) is 7.02. The minimum Gasteiger partial charge on any atom is -0.467 e. The number of benzene rings is 3. The number of hydrogen-bond acceptors (Lipinski definition) is 3. The van der Waals surface area contributed by atoms with E-state index in [2.05, 4.69) is 9.88 Å². The molecular weight excluding hydrogens is 476 g/mol. The van der Waals surface area contributed by atoms with Gasteiger partial charge < -0.3 is 19.2 Å². The molecule has 38 heavy (non-hydrogen) atoms. The average molecular weight is 505 g/mol. The zero-order valence-corrected chi connectivity index (χ0v) is 21.2. The highest BCUT2D eigenvalue weighted by Gasteiger charge is 2.38. The lowest BCUT2D eigenvalue weighted by Crippen LogP contribution is -2.49. The van der Waals surface area contributed by atoms with Crippen LogP contribution in [0.25, 0.3) is 16.5 Å². The van der Waals surface area contributed by atoms with Crippen LogP contribution in [0.15, 0.2) is 108 Å². The summed E-state index contributed by atoms with van der Waals surface area (Å²) in [5.74, 6) is 0.456. The van der Waals surface area contributed by atoms with Crippen LogP contribution in [0.2, 0.25) is 0 Å². The summed E-state index contributed by atoms with van der Waals surface area (Å²) in [6.45, 7) is 3.73. The molecule has 0 saturated carbocycles. The summed E-state index contributed by atoms with van der Waals surface area (Å²) in [6.07, 6.45) is 3.60. The molecule has 0 aliphatic carbocycles. The maximum Gasteiger partial charge on any atom is 0.322 e. The second kappa shape index (κ2) is 9.59. The van der Waals surface area contributed by atoms with Gasteiger partial charge in [0.25, 0.3) is 0 Å². The van der Waals surface area contributed by atoms with Crippen LogP contribution in [0.4, 0.5) is 16.2 Å². The van der Waals surface area contributed by atoms with Crippen molar-refractivity contribution in [3.05, 3.63) is 115 Å². The van der Waals surface area contributed by atoms with Gasteiger partial charge in [0.1, 0.15) is 18.3 Å². The molecule has 2 aromatic heterocycles. The second-order valence-corrected chi connectivity index (χ2v) is 9.65. The van der Waals surface area contributed by atoms with E-state index in [-0.39, 0.29) is 24.5 Å². The molecule has 7 nitrogen and oxygen atoms in total. The number of rotatable bonds is 5. The SMILES string of the molecule is CC(C)N(CC(=O)N1c2ccccc2-n2cccc2C1c1ccco1)C(=O)Nc1cccc2ccccc12. The summed E-state index contributed by atoms with van der Waals surface area (Å²) in [4.78, 5) is 31.0. The molecule has 1 aliphatic heterocycles. The monoisotopic (exact) mass is 504 g/mol. The Bertz CT molecular complexity index is 1610. The zero-order valence-electron chi connectivity index (χ0n) is 21.2. The summed E-state index contributed by atoms with van der Waals surface area (Å²) in [5, 5.41) is 5.02. The largest absolute Gasteiger partial charge is 0.467 e. The predicted octanol–water partition coefficient (Wildman–Crippen LogP) is 6.60. The van der Waals surface area contributed by atoms with Crippen molar-refractivity contribution < 1.29 is 14.0 Å². The Morgan fingerprint density at radius 2 is 1.66 bits per heavy atom. The Hall–Kier alpha value is -4.78. The Morgan fingerprint density at radius 1 is 0.895 bits per heavy atom. The van der Waals surface area contributed by atoms with Gasteiger partial charge in [-0.3, -0.25) is 9.69 Å². The van der Waals surface area contributed by atoms with Gasteiger partial charge in [-0.05, 0) is 61.7 Å². The van der Waals surface area contributed by atoms with Crippen molar-refractivity contribution in [3.63, 3.8) is 0 Å². The smallest absolute Gasteiger partial charge is 0.322 e. The molecule has 0 bridgehead atoms. The van der Waals surface area contributed by atoms with E-state index in [1.54, 1.807) is 16.1 Å². The molecule has 1 unspecified atom stereocenters. The first kappa shape index (κ1) is 23.6. The molecule has 1 N–H and O–H groups in total. The number of carbonyl (C=O) groups excluding carboxylic acids is 2. The molecule has 1 aliphatic rings. The molecule has 0 fully saturated rings. The van der Waals surface area contributed by atoms with Gasteiger partial charge in [0, 0.05) is 17.6 Å². The van der Waals surface area contributed by atoms with Gasteiger partial charge in [0.2, 0.25) is 5.91 Å². The zero-order chi connectivity index (χ0) is 26.2. The molecule has 3 aromatic carbocycles. The van der Waals surface area contributed by atoms with Crippen LogP contribution < -0.4 is 10.2 Å². The van der Waals surface area contributed by atoms with Crippen molar-refractivity contribution in [2.24, 2.45) is 0 Å².